The van der Waals surface area contributed by atoms with E-state index in [0.29, 0.717) is 19.1 Å². The third kappa shape index (κ3) is 6.21. The smallest absolute Gasteiger partial charge is 0.193 e. The Kier molecular flexibility index (Phi) is 9.11. The van der Waals surface area contributed by atoms with Crippen LogP contribution in [0.4, 0.5) is 0 Å². The zero-order valence-electron chi connectivity index (χ0n) is 16.2. The van der Waals surface area contributed by atoms with Crippen molar-refractivity contribution in [3.05, 3.63) is 34.9 Å². The summed E-state index contributed by atoms with van der Waals surface area (Å²) in [4.78, 5) is 6.85. The second kappa shape index (κ2) is 10.8. The number of hydrogen-bond donors (Lipinski definition) is 1. The molecule has 1 aliphatic heterocycles. The van der Waals surface area contributed by atoms with E-state index in [2.05, 4.69) is 27.3 Å². The topological polar surface area (TPSA) is 46.1 Å². The monoisotopic (exact) mass is 507 g/mol. The number of guanidine groups is 1. The van der Waals surface area contributed by atoms with Crippen LogP contribution in [-0.4, -0.2) is 64.5 Å². The van der Waals surface area contributed by atoms with Crippen LogP contribution in [0.25, 0.3) is 0 Å². The van der Waals surface area contributed by atoms with Gasteiger partial charge < -0.3 is 19.7 Å². The van der Waals surface area contributed by atoms with Crippen molar-refractivity contribution >= 4 is 41.5 Å². The van der Waals surface area contributed by atoms with Crippen molar-refractivity contribution in [2.45, 2.75) is 24.7 Å². The molecule has 1 heterocycles. The summed E-state index contributed by atoms with van der Waals surface area (Å²) in [7, 11) is 3.57. The summed E-state index contributed by atoms with van der Waals surface area (Å²) in [5.74, 6) is 1.57. The lowest BCUT2D eigenvalue weighted by Gasteiger charge is -2.24. The molecule has 1 N–H and O–H groups in total. The first kappa shape index (κ1) is 22.7. The van der Waals surface area contributed by atoms with Crippen LogP contribution in [-0.2, 0) is 14.9 Å². The van der Waals surface area contributed by atoms with Gasteiger partial charge >= 0.3 is 0 Å². The van der Waals surface area contributed by atoms with Crippen molar-refractivity contribution in [3.8, 4) is 0 Å². The van der Waals surface area contributed by atoms with Crippen LogP contribution < -0.4 is 5.32 Å². The molecule has 1 aromatic carbocycles. The molecule has 152 valence electrons. The Morgan fingerprint density at radius 1 is 1.30 bits per heavy atom. The van der Waals surface area contributed by atoms with Crippen LogP contribution in [0.5, 0.6) is 0 Å². The Morgan fingerprint density at radius 2 is 2.04 bits per heavy atom. The van der Waals surface area contributed by atoms with Crippen molar-refractivity contribution in [2.75, 3.05) is 53.6 Å². The average Bonchev–Trinajstić information content (AvgIpc) is 3.30. The van der Waals surface area contributed by atoms with E-state index in [1.165, 1.54) is 18.4 Å². The summed E-state index contributed by atoms with van der Waals surface area (Å²) in [6.07, 6.45) is 3.58. The highest BCUT2D eigenvalue weighted by Gasteiger charge is 2.44. The van der Waals surface area contributed by atoms with Crippen molar-refractivity contribution in [3.63, 3.8) is 0 Å². The minimum atomic E-state index is 0. The number of aliphatic imine (C=N–C) groups is 1. The van der Waals surface area contributed by atoms with E-state index in [1.807, 2.05) is 19.2 Å². The molecule has 1 aromatic rings. The first-order valence-electron chi connectivity index (χ1n) is 9.45. The highest BCUT2D eigenvalue weighted by Crippen LogP contribution is 2.47. The molecular weight excluding hydrogens is 477 g/mol. The first-order chi connectivity index (χ1) is 12.7. The Morgan fingerprint density at radius 3 is 2.67 bits per heavy atom. The SMILES string of the molecule is CN=C(NCC1(c2ccc(Cl)cc2)CC1)N1CCC(COCCOC)C1.I. The van der Waals surface area contributed by atoms with E-state index in [4.69, 9.17) is 21.1 Å². The van der Waals surface area contributed by atoms with Crippen molar-refractivity contribution < 1.29 is 9.47 Å². The van der Waals surface area contributed by atoms with Crippen LogP contribution in [0.3, 0.4) is 0 Å². The van der Waals surface area contributed by atoms with Gasteiger partial charge in [-0.2, -0.15) is 0 Å². The average molecular weight is 508 g/mol. The molecule has 0 radical (unpaired) electrons. The predicted octanol–water partition coefficient (Wildman–Crippen LogP) is 3.55. The number of nitrogens with zero attached hydrogens (tertiary/aromatic N) is 2. The predicted molar refractivity (Wildman–Crippen MR) is 122 cm³/mol. The molecule has 5 nitrogen and oxygen atoms in total. The Labute approximate surface area is 184 Å². The van der Waals surface area contributed by atoms with Gasteiger partial charge in [0.25, 0.3) is 0 Å². The lowest BCUT2D eigenvalue weighted by atomic mass is 9.96. The summed E-state index contributed by atoms with van der Waals surface area (Å²) in [5.41, 5.74) is 1.61. The summed E-state index contributed by atoms with van der Waals surface area (Å²) < 4.78 is 10.7. The van der Waals surface area contributed by atoms with Gasteiger partial charge in [0.1, 0.15) is 0 Å². The maximum Gasteiger partial charge on any atom is 0.193 e. The van der Waals surface area contributed by atoms with Gasteiger partial charge in [0.05, 0.1) is 19.8 Å². The molecule has 1 atom stereocenters. The van der Waals surface area contributed by atoms with Crippen LogP contribution >= 0.6 is 35.6 Å². The highest BCUT2D eigenvalue weighted by molar-refractivity contribution is 14.0. The number of hydrogen-bond acceptors (Lipinski definition) is 3. The van der Waals surface area contributed by atoms with E-state index in [0.717, 1.165) is 43.6 Å². The Balaban J connectivity index is 0.00000261. The van der Waals surface area contributed by atoms with Crippen LogP contribution in [0.2, 0.25) is 5.02 Å². The van der Waals surface area contributed by atoms with E-state index >= 15 is 0 Å². The maximum absolute atomic E-state index is 6.03. The fourth-order valence-corrected chi connectivity index (χ4v) is 3.78. The van der Waals surface area contributed by atoms with Crippen LogP contribution in [0.15, 0.2) is 29.3 Å². The minimum Gasteiger partial charge on any atom is -0.382 e. The fraction of sp³-hybridized carbons (Fsp3) is 0.650. The van der Waals surface area contributed by atoms with Gasteiger partial charge in [-0.25, -0.2) is 0 Å². The highest BCUT2D eigenvalue weighted by atomic mass is 127. The van der Waals surface area contributed by atoms with Gasteiger partial charge in [0.15, 0.2) is 5.96 Å². The number of rotatable bonds is 8. The van der Waals surface area contributed by atoms with E-state index < -0.39 is 0 Å². The zero-order valence-corrected chi connectivity index (χ0v) is 19.3. The van der Waals surface area contributed by atoms with Gasteiger partial charge in [-0.05, 0) is 37.0 Å². The van der Waals surface area contributed by atoms with E-state index in [9.17, 15) is 0 Å². The van der Waals surface area contributed by atoms with Gasteiger partial charge in [0.2, 0.25) is 0 Å². The number of likely N-dealkylation sites (tertiary alicyclic amines) is 1. The van der Waals surface area contributed by atoms with Crippen molar-refractivity contribution in [2.24, 2.45) is 10.9 Å². The largest absolute Gasteiger partial charge is 0.382 e. The van der Waals surface area contributed by atoms with E-state index in [1.54, 1.807) is 7.11 Å². The Bertz CT molecular complexity index is 608. The van der Waals surface area contributed by atoms with Gasteiger partial charge in [-0.1, -0.05) is 23.7 Å². The number of halogens is 2. The third-order valence-electron chi connectivity index (χ3n) is 5.48. The Hall–Kier alpha value is -0.570. The lowest BCUT2D eigenvalue weighted by molar-refractivity contribution is 0.0536. The van der Waals surface area contributed by atoms with Gasteiger partial charge in [-0.15, -0.1) is 24.0 Å². The molecular formula is C20H31ClIN3O2. The first-order valence-corrected chi connectivity index (χ1v) is 9.83. The van der Waals surface area contributed by atoms with Gasteiger partial charge in [0, 0.05) is 50.1 Å². The standard InChI is InChI=1S/C20H30ClN3O2.HI/c1-22-19(24-10-7-16(13-24)14-26-12-11-25-2)23-15-20(8-9-20)17-3-5-18(21)6-4-17;/h3-6,16H,7-15H2,1-2H3,(H,22,23);1H. The molecule has 0 spiro atoms. The molecule has 1 saturated heterocycles. The number of methoxy groups -OCH3 is 1. The second-order valence-electron chi connectivity index (χ2n) is 7.36. The zero-order chi connectivity index (χ0) is 18.4. The van der Waals surface area contributed by atoms with Crippen LogP contribution in [0.1, 0.15) is 24.8 Å². The summed E-state index contributed by atoms with van der Waals surface area (Å²) in [5, 5.41) is 4.40. The lowest BCUT2D eigenvalue weighted by Crippen LogP contribution is -2.43. The quantitative estimate of drug-likeness (QED) is 0.253. The second-order valence-corrected chi connectivity index (χ2v) is 7.79. The molecule has 1 aliphatic carbocycles. The van der Waals surface area contributed by atoms with Crippen molar-refractivity contribution in [1.82, 2.24) is 10.2 Å². The van der Waals surface area contributed by atoms with Gasteiger partial charge in [-0.3, -0.25) is 4.99 Å². The molecule has 1 saturated carbocycles. The molecule has 27 heavy (non-hydrogen) atoms. The maximum atomic E-state index is 6.03. The summed E-state index contributed by atoms with van der Waals surface area (Å²) in [6, 6.07) is 8.28. The molecule has 3 rings (SSSR count). The third-order valence-corrected chi connectivity index (χ3v) is 5.73. The summed E-state index contributed by atoms with van der Waals surface area (Å²) >= 11 is 6.03. The molecule has 2 fully saturated rings. The molecule has 0 amide bonds. The summed E-state index contributed by atoms with van der Waals surface area (Å²) in [6.45, 7) is 5.08. The molecule has 7 heteroatoms. The van der Waals surface area contributed by atoms with Crippen LogP contribution in [0, 0.1) is 5.92 Å². The number of nitrogens with one attached hydrogen (secondary N) is 1. The molecule has 1 unspecified atom stereocenters. The fourth-order valence-electron chi connectivity index (χ4n) is 3.66. The molecule has 2 aliphatic rings. The normalized spacial score (nSPS) is 21.1. The minimum absolute atomic E-state index is 0. The van der Waals surface area contributed by atoms with E-state index in [-0.39, 0.29) is 29.4 Å². The molecule has 0 aromatic heterocycles. The molecule has 0 bridgehead atoms. The number of ether oxygens (including phenoxy) is 2. The van der Waals surface area contributed by atoms with Crippen molar-refractivity contribution in [1.29, 1.82) is 0 Å². The number of benzene rings is 1.